The van der Waals surface area contributed by atoms with Crippen LogP contribution >= 0.6 is 11.6 Å². The summed E-state index contributed by atoms with van der Waals surface area (Å²) in [5.74, 6) is 0. The molecule has 2 N–H and O–H groups in total. The number of aromatic nitrogens is 1. The van der Waals surface area contributed by atoms with Crippen molar-refractivity contribution in [3.8, 4) is 0 Å². The molecule has 2 aromatic rings. The van der Waals surface area contributed by atoms with Gasteiger partial charge in [0.1, 0.15) is 6.26 Å². The van der Waals surface area contributed by atoms with E-state index in [4.69, 9.17) is 16.1 Å². The molecule has 0 bridgehead atoms. The zero-order valence-corrected chi connectivity index (χ0v) is 9.89. The number of rotatable bonds is 5. The van der Waals surface area contributed by atoms with Crippen molar-refractivity contribution in [3.05, 3.63) is 52.9 Å². The van der Waals surface area contributed by atoms with Gasteiger partial charge in [-0.15, -0.1) is 0 Å². The van der Waals surface area contributed by atoms with Crippen LogP contribution in [0.15, 0.2) is 41.1 Å². The van der Waals surface area contributed by atoms with Gasteiger partial charge in [0, 0.05) is 24.2 Å². The molecule has 0 aliphatic carbocycles. The molecule has 0 saturated heterocycles. The summed E-state index contributed by atoms with van der Waals surface area (Å²) in [7, 11) is 0. The van der Waals surface area contributed by atoms with E-state index in [9.17, 15) is 5.11 Å². The molecule has 1 atom stereocenters. The molecule has 5 heteroatoms. The molecule has 1 aromatic carbocycles. The van der Waals surface area contributed by atoms with Crippen LogP contribution < -0.4 is 5.32 Å². The summed E-state index contributed by atoms with van der Waals surface area (Å²) in [6.07, 6.45) is 0.964. The van der Waals surface area contributed by atoms with Crippen LogP contribution in [0, 0.1) is 0 Å². The third-order valence-electron chi connectivity index (χ3n) is 2.39. The lowest BCUT2D eigenvalue weighted by atomic mass is 10.1. The minimum Gasteiger partial charge on any atom is -0.387 e. The summed E-state index contributed by atoms with van der Waals surface area (Å²) in [5.41, 5.74) is 1.65. The van der Waals surface area contributed by atoms with E-state index in [0.29, 0.717) is 18.1 Å². The molecular formula is C12H13ClN2O2. The van der Waals surface area contributed by atoms with Crippen LogP contribution in [0.2, 0.25) is 5.02 Å². The first-order valence-electron chi connectivity index (χ1n) is 5.29. The first-order chi connectivity index (χ1) is 8.25. The molecule has 0 amide bonds. The molecule has 1 unspecified atom stereocenters. The molecule has 0 spiro atoms. The monoisotopic (exact) mass is 252 g/mol. The maximum absolute atomic E-state index is 9.89. The van der Waals surface area contributed by atoms with Crippen LogP contribution in [0.3, 0.4) is 0 Å². The lowest BCUT2D eigenvalue weighted by molar-refractivity contribution is 0.174. The van der Waals surface area contributed by atoms with Crippen molar-refractivity contribution < 1.29 is 9.63 Å². The minimum atomic E-state index is -0.556. The number of halogens is 1. The van der Waals surface area contributed by atoms with Gasteiger partial charge in [-0.05, 0) is 17.7 Å². The second-order valence-electron chi connectivity index (χ2n) is 3.69. The summed E-state index contributed by atoms with van der Waals surface area (Å²) < 4.78 is 4.70. The van der Waals surface area contributed by atoms with Gasteiger partial charge in [0.2, 0.25) is 0 Å². The molecule has 0 radical (unpaired) electrons. The molecule has 1 aromatic heterocycles. The first-order valence-corrected chi connectivity index (χ1v) is 5.67. The van der Waals surface area contributed by atoms with Crippen molar-refractivity contribution in [1.82, 2.24) is 10.5 Å². The number of nitrogens with one attached hydrogen (secondary N) is 1. The average molecular weight is 253 g/mol. The third-order valence-corrected chi connectivity index (χ3v) is 2.64. The fourth-order valence-electron chi connectivity index (χ4n) is 1.47. The van der Waals surface area contributed by atoms with Gasteiger partial charge in [0.15, 0.2) is 0 Å². The lowest BCUT2D eigenvalue weighted by Gasteiger charge is -2.11. The number of aliphatic hydroxyl groups excluding tert-OH is 1. The Hall–Kier alpha value is -1.36. The molecule has 90 valence electrons. The number of hydrogen-bond acceptors (Lipinski definition) is 4. The van der Waals surface area contributed by atoms with Crippen molar-refractivity contribution in [2.45, 2.75) is 12.6 Å². The Kier molecular flexibility index (Phi) is 4.14. The number of aliphatic hydroxyl groups is 1. The van der Waals surface area contributed by atoms with Crippen LogP contribution in [0.4, 0.5) is 0 Å². The Morgan fingerprint density at radius 2 is 2.06 bits per heavy atom. The highest BCUT2D eigenvalue weighted by Gasteiger charge is 2.07. The quantitative estimate of drug-likeness (QED) is 0.856. The van der Waals surface area contributed by atoms with Crippen molar-refractivity contribution in [3.63, 3.8) is 0 Å². The van der Waals surface area contributed by atoms with Gasteiger partial charge in [0.05, 0.1) is 11.8 Å². The molecule has 2 rings (SSSR count). The predicted octanol–water partition coefficient (Wildman–Crippen LogP) is 2.15. The van der Waals surface area contributed by atoms with Crippen LogP contribution in [0.25, 0.3) is 0 Å². The number of benzene rings is 1. The molecule has 1 heterocycles. The van der Waals surface area contributed by atoms with E-state index in [-0.39, 0.29) is 0 Å². The van der Waals surface area contributed by atoms with E-state index in [0.717, 1.165) is 11.3 Å². The van der Waals surface area contributed by atoms with Crippen molar-refractivity contribution in [2.75, 3.05) is 6.54 Å². The number of hydrogen-bond donors (Lipinski definition) is 2. The summed E-state index contributed by atoms with van der Waals surface area (Å²) in [6, 6.07) is 8.92. The SMILES string of the molecule is OC(CNCc1ccon1)c1ccc(Cl)cc1. The predicted molar refractivity (Wildman–Crippen MR) is 64.6 cm³/mol. The fraction of sp³-hybridized carbons (Fsp3) is 0.250. The number of nitrogens with zero attached hydrogens (tertiary/aromatic N) is 1. The Labute approximate surface area is 104 Å². The Balaban J connectivity index is 1.81. The van der Waals surface area contributed by atoms with Crippen molar-refractivity contribution in [2.24, 2.45) is 0 Å². The summed E-state index contributed by atoms with van der Waals surface area (Å²) >= 11 is 5.77. The largest absolute Gasteiger partial charge is 0.387 e. The van der Waals surface area contributed by atoms with Gasteiger partial charge >= 0.3 is 0 Å². The van der Waals surface area contributed by atoms with Crippen LogP contribution in [-0.4, -0.2) is 16.8 Å². The maximum Gasteiger partial charge on any atom is 0.124 e. The van der Waals surface area contributed by atoms with Crippen molar-refractivity contribution in [1.29, 1.82) is 0 Å². The smallest absolute Gasteiger partial charge is 0.124 e. The highest BCUT2D eigenvalue weighted by Crippen LogP contribution is 2.15. The Morgan fingerprint density at radius 1 is 1.29 bits per heavy atom. The highest BCUT2D eigenvalue weighted by atomic mass is 35.5. The molecule has 0 saturated carbocycles. The van der Waals surface area contributed by atoms with E-state index in [1.54, 1.807) is 18.2 Å². The van der Waals surface area contributed by atoms with Gasteiger partial charge < -0.3 is 14.9 Å². The molecule has 17 heavy (non-hydrogen) atoms. The minimum absolute atomic E-state index is 0.453. The third kappa shape index (κ3) is 3.56. The Morgan fingerprint density at radius 3 is 2.71 bits per heavy atom. The fourth-order valence-corrected chi connectivity index (χ4v) is 1.59. The van der Waals surface area contributed by atoms with Crippen LogP contribution in [0.1, 0.15) is 17.4 Å². The lowest BCUT2D eigenvalue weighted by Crippen LogP contribution is -2.21. The van der Waals surface area contributed by atoms with Crippen molar-refractivity contribution >= 4 is 11.6 Å². The molecule has 0 aliphatic heterocycles. The topological polar surface area (TPSA) is 58.3 Å². The molecule has 0 aliphatic rings. The summed E-state index contributed by atoms with van der Waals surface area (Å²) in [4.78, 5) is 0. The van der Waals surface area contributed by atoms with E-state index in [1.807, 2.05) is 12.1 Å². The van der Waals surface area contributed by atoms with Crippen LogP contribution in [0.5, 0.6) is 0 Å². The van der Waals surface area contributed by atoms with Gasteiger partial charge in [-0.1, -0.05) is 28.9 Å². The van der Waals surface area contributed by atoms with E-state index < -0.39 is 6.10 Å². The average Bonchev–Trinajstić information content (AvgIpc) is 2.83. The maximum atomic E-state index is 9.89. The summed E-state index contributed by atoms with van der Waals surface area (Å²) in [5, 5.41) is 17.4. The molecule has 4 nitrogen and oxygen atoms in total. The van der Waals surface area contributed by atoms with Gasteiger partial charge in [0.25, 0.3) is 0 Å². The van der Waals surface area contributed by atoms with Crippen LogP contribution in [-0.2, 0) is 6.54 Å². The van der Waals surface area contributed by atoms with Gasteiger partial charge in [-0.3, -0.25) is 0 Å². The second-order valence-corrected chi connectivity index (χ2v) is 4.13. The van der Waals surface area contributed by atoms with E-state index >= 15 is 0 Å². The normalized spacial score (nSPS) is 12.6. The van der Waals surface area contributed by atoms with Gasteiger partial charge in [-0.25, -0.2) is 0 Å². The van der Waals surface area contributed by atoms with E-state index in [1.165, 1.54) is 6.26 Å². The second kappa shape index (κ2) is 5.82. The molecular weight excluding hydrogens is 240 g/mol. The first kappa shape index (κ1) is 12.1. The standard InChI is InChI=1S/C12H13ClN2O2/c13-10-3-1-9(2-4-10)12(16)8-14-7-11-5-6-17-15-11/h1-6,12,14,16H,7-8H2. The highest BCUT2D eigenvalue weighted by molar-refractivity contribution is 6.30. The summed E-state index contributed by atoms with van der Waals surface area (Å²) in [6.45, 7) is 1.02. The molecule has 0 fully saturated rings. The zero-order chi connectivity index (χ0) is 12.1. The zero-order valence-electron chi connectivity index (χ0n) is 9.14. The Bertz CT molecular complexity index is 442. The van der Waals surface area contributed by atoms with E-state index in [2.05, 4.69) is 10.5 Å². The van der Waals surface area contributed by atoms with Gasteiger partial charge in [-0.2, -0.15) is 0 Å².